The summed E-state index contributed by atoms with van der Waals surface area (Å²) >= 11 is 0. The second-order valence-electron chi connectivity index (χ2n) is 5.04. The number of nitrogens with one attached hydrogen (secondary N) is 1. The van der Waals surface area contributed by atoms with Crippen molar-refractivity contribution in [1.29, 1.82) is 0 Å². The topological polar surface area (TPSA) is 59.2 Å². The number of carbonyl (C=O) groups excluding carboxylic acids is 1. The summed E-state index contributed by atoms with van der Waals surface area (Å²) in [6.07, 6.45) is 2.91. The number of benzene rings is 2. The molecule has 3 aromatic rings. The molecule has 1 heterocycles. The molecular formula is C19H15NO3. The molecule has 0 atom stereocenters. The maximum atomic E-state index is 12.3. The van der Waals surface area contributed by atoms with Gasteiger partial charge in [-0.2, -0.15) is 0 Å². The van der Waals surface area contributed by atoms with Gasteiger partial charge in [0, 0.05) is 11.1 Å². The van der Waals surface area contributed by atoms with Crippen LogP contribution < -0.4 is 10.3 Å². The highest BCUT2D eigenvalue weighted by Crippen LogP contribution is 2.18. The molecule has 23 heavy (non-hydrogen) atoms. The van der Waals surface area contributed by atoms with Crippen molar-refractivity contribution in [2.45, 2.75) is 0 Å². The number of ether oxygens (including phenoxy) is 1. The van der Waals surface area contributed by atoms with E-state index in [1.165, 1.54) is 19.3 Å². The minimum Gasteiger partial charge on any atom is -0.496 e. The first kappa shape index (κ1) is 14.8. The molecule has 1 N–H and O–H groups in total. The maximum absolute atomic E-state index is 12.3. The minimum absolute atomic E-state index is 0.213. The first-order chi connectivity index (χ1) is 11.2. The molecule has 4 heteroatoms. The molecule has 0 aliphatic heterocycles. The first-order valence-corrected chi connectivity index (χ1v) is 7.16. The lowest BCUT2D eigenvalue weighted by atomic mass is 10.1. The second kappa shape index (κ2) is 6.32. The fraction of sp³-hybridized carbons (Fsp3) is 0.0526. The summed E-state index contributed by atoms with van der Waals surface area (Å²) in [5.41, 5.74) is 1.44. The van der Waals surface area contributed by atoms with E-state index in [9.17, 15) is 9.59 Å². The van der Waals surface area contributed by atoms with Crippen LogP contribution in [-0.4, -0.2) is 17.9 Å². The Morgan fingerprint density at radius 2 is 1.83 bits per heavy atom. The molecule has 0 aliphatic carbocycles. The van der Waals surface area contributed by atoms with Gasteiger partial charge in [0.1, 0.15) is 5.75 Å². The summed E-state index contributed by atoms with van der Waals surface area (Å²) in [6.45, 7) is 0. The Bertz CT molecular complexity index is 954. The van der Waals surface area contributed by atoms with E-state index in [4.69, 9.17) is 4.74 Å². The van der Waals surface area contributed by atoms with E-state index in [0.29, 0.717) is 16.9 Å². The zero-order valence-corrected chi connectivity index (χ0v) is 12.6. The number of para-hydroxylation sites is 2. The lowest BCUT2D eigenvalue weighted by molar-refractivity contribution is 0.104. The van der Waals surface area contributed by atoms with Gasteiger partial charge in [0.15, 0.2) is 5.78 Å². The van der Waals surface area contributed by atoms with Gasteiger partial charge in [-0.3, -0.25) is 9.59 Å². The second-order valence-corrected chi connectivity index (χ2v) is 5.04. The van der Waals surface area contributed by atoms with Gasteiger partial charge in [0.25, 0.3) is 5.56 Å². The lowest BCUT2D eigenvalue weighted by Gasteiger charge is -2.04. The maximum Gasteiger partial charge on any atom is 0.255 e. The molecule has 0 amide bonds. The summed E-state index contributed by atoms with van der Waals surface area (Å²) in [4.78, 5) is 27.2. The largest absolute Gasteiger partial charge is 0.496 e. The number of rotatable bonds is 4. The fourth-order valence-corrected chi connectivity index (χ4v) is 2.39. The Morgan fingerprint density at radius 1 is 1.09 bits per heavy atom. The SMILES string of the molecule is COc1ccccc1C(=O)C=Cc1cc2ccccc2[nH]c1=O. The van der Waals surface area contributed by atoms with E-state index < -0.39 is 0 Å². The molecule has 0 saturated heterocycles. The minimum atomic E-state index is -0.229. The summed E-state index contributed by atoms with van der Waals surface area (Å²) in [5.74, 6) is 0.296. The molecular weight excluding hydrogens is 290 g/mol. The number of H-pyrrole nitrogens is 1. The molecule has 1 aromatic heterocycles. The summed E-state index contributed by atoms with van der Waals surface area (Å²) in [5, 5.41) is 0.913. The Kier molecular flexibility index (Phi) is 4.06. The van der Waals surface area contributed by atoms with Crippen molar-refractivity contribution in [3.05, 3.63) is 82.2 Å². The van der Waals surface area contributed by atoms with E-state index in [-0.39, 0.29) is 11.3 Å². The molecule has 0 unspecified atom stereocenters. The molecule has 2 aromatic carbocycles. The zero-order chi connectivity index (χ0) is 16.2. The van der Waals surface area contributed by atoms with Crippen LogP contribution in [0.4, 0.5) is 0 Å². The van der Waals surface area contributed by atoms with Crippen LogP contribution in [-0.2, 0) is 0 Å². The number of hydrogen-bond acceptors (Lipinski definition) is 3. The number of hydrogen-bond donors (Lipinski definition) is 1. The third-order valence-electron chi connectivity index (χ3n) is 3.57. The predicted octanol–water partition coefficient (Wildman–Crippen LogP) is 3.43. The molecule has 0 bridgehead atoms. The van der Waals surface area contributed by atoms with Crippen molar-refractivity contribution >= 4 is 22.8 Å². The highest BCUT2D eigenvalue weighted by Gasteiger charge is 2.08. The van der Waals surface area contributed by atoms with Crippen LogP contribution >= 0.6 is 0 Å². The molecule has 4 nitrogen and oxygen atoms in total. The number of ketones is 1. The molecule has 3 rings (SSSR count). The highest BCUT2D eigenvalue weighted by atomic mass is 16.5. The van der Waals surface area contributed by atoms with Crippen molar-refractivity contribution in [3.8, 4) is 5.75 Å². The third kappa shape index (κ3) is 3.06. The van der Waals surface area contributed by atoms with Crippen molar-refractivity contribution in [2.75, 3.05) is 7.11 Å². The average Bonchev–Trinajstić information content (AvgIpc) is 2.59. The number of fused-ring (bicyclic) bond motifs is 1. The van der Waals surface area contributed by atoms with E-state index in [1.54, 1.807) is 30.3 Å². The number of carbonyl (C=O) groups is 1. The van der Waals surface area contributed by atoms with Gasteiger partial charge in [-0.15, -0.1) is 0 Å². The number of allylic oxidation sites excluding steroid dienone is 1. The van der Waals surface area contributed by atoms with Crippen LogP contribution in [0.3, 0.4) is 0 Å². The first-order valence-electron chi connectivity index (χ1n) is 7.16. The van der Waals surface area contributed by atoms with Gasteiger partial charge in [-0.25, -0.2) is 0 Å². The van der Waals surface area contributed by atoms with Gasteiger partial charge in [0.05, 0.1) is 12.7 Å². The summed E-state index contributed by atoms with van der Waals surface area (Å²) < 4.78 is 5.18. The number of methoxy groups -OCH3 is 1. The van der Waals surface area contributed by atoms with Gasteiger partial charge in [-0.05, 0) is 41.8 Å². The molecule has 0 saturated carbocycles. The van der Waals surface area contributed by atoms with E-state index >= 15 is 0 Å². The molecule has 114 valence electrons. The van der Waals surface area contributed by atoms with Crippen molar-refractivity contribution < 1.29 is 9.53 Å². The Morgan fingerprint density at radius 3 is 2.65 bits per heavy atom. The normalized spacial score (nSPS) is 11.0. The van der Waals surface area contributed by atoms with Crippen molar-refractivity contribution in [2.24, 2.45) is 0 Å². The average molecular weight is 305 g/mol. The molecule has 0 radical (unpaired) electrons. The summed E-state index contributed by atoms with van der Waals surface area (Å²) in [7, 11) is 1.52. The quantitative estimate of drug-likeness (QED) is 0.593. The van der Waals surface area contributed by atoms with Crippen molar-refractivity contribution in [1.82, 2.24) is 4.98 Å². The van der Waals surface area contributed by atoms with Gasteiger partial charge >= 0.3 is 0 Å². The van der Waals surface area contributed by atoms with Crippen LogP contribution in [0.5, 0.6) is 5.75 Å². The predicted molar refractivity (Wildman–Crippen MR) is 90.9 cm³/mol. The van der Waals surface area contributed by atoms with Crippen LogP contribution in [0.15, 0.2) is 65.5 Å². The molecule has 0 fully saturated rings. The van der Waals surface area contributed by atoms with Gasteiger partial charge in [0.2, 0.25) is 0 Å². The number of pyridine rings is 1. The zero-order valence-electron chi connectivity index (χ0n) is 12.6. The smallest absolute Gasteiger partial charge is 0.255 e. The Labute approximate surface area is 133 Å². The number of aromatic nitrogens is 1. The fourth-order valence-electron chi connectivity index (χ4n) is 2.39. The molecule has 0 spiro atoms. The van der Waals surface area contributed by atoms with Crippen LogP contribution in [0.25, 0.3) is 17.0 Å². The van der Waals surface area contributed by atoms with E-state index in [2.05, 4.69) is 4.98 Å². The van der Waals surface area contributed by atoms with E-state index in [0.717, 1.165) is 10.9 Å². The van der Waals surface area contributed by atoms with Crippen LogP contribution in [0.2, 0.25) is 0 Å². The summed E-state index contributed by atoms with van der Waals surface area (Å²) in [6, 6.07) is 16.3. The van der Waals surface area contributed by atoms with E-state index in [1.807, 2.05) is 24.3 Å². The van der Waals surface area contributed by atoms with Gasteiger partial charge < -0.3 is 9.72 Å². The molecule has 0 aliphatic rings. The van der Waals surface area contributed by atoms with Crippen LogP contribution in [0.1, 0.15) is 15.9 Å². The number of aromatic amines is 1. The van der Waals surface area contributed by atoms with Gasteiger partial charge in [-0.1, -0.05) is 30.3 Å². The standard InChI is InChI=1S/C19H15NO3/c1-23-18-9-5-3-7-15(18)17(21)11-10-14-12-13-6-2-4-8-16(13)20-19(14)22/h2-12H,1H3,(H,20,22). The van der Waals surface area contributed by atoms with Crippen molar-refractivity contribution in [3.63, 3.8) is 0 Å². The van der Waals surface area contributed by atoms with Crippen LogP contribution in [0, 0.1) is 0 Å². The lowest BCUT2D eigenvalue weighted by Crippen LogP contribution is -2.09. The Hall–Kier alpha value is -3.14. The third-order valence-corrected chi connectivity index (χ3v) is 3.57. The highest BCUT2D eigenvalue weighted by molar-refractivity contribution is 6.08. The monoisotopic (exact) mass is 305 g/mol. The Balaban J connectivity index is 1.95.